The smallest absolute Gasteiger partial charge is 0.407 e. The van der Waals surface area contributed by atoms with Crippen LogP contribution in [0.5, 0.6) is 0 Å². The van der Waals surface area contributed by atoms with Crippen molar-refractivity contribution < 1.29 is 9.53 Å². The molecule has 0 aromatic carbocycles. The maximum atomic E-state index is 11.8. The van der Waals surface area contributed by atoms with Crippen molar-refractivity contribution in [2.45, 2.75) is 59.6 Å². The van der Waals surface area contributed by atoms with Gasteiger partial charge in [0.1, 0.15) is 5.60 Å². The van der Waals surface area contributed by atoms with E-state index in [0.29, 0.717) is 13.1 Å². The molecule has 1 amide bonds. The van der Waals surface area contributed by atoms with E-state index in [1.165, 1.54) is 0 Å². The molecule has 1 atom stereocenters. The van der Waals surface area contributed by atoms with Gasteiger partial charge in [-0.05, 0) is 59.9 Å². The molecule has 0 radical (unpaired) electrons. The van der Waals surface area contributed by atoms with E-state index in [2.05, 4.69) is 35.9 Å². The van der Waals surface area contributed by atoms with E-state index in [-0.39, 0.29) is 12.1 Å². The van der Waals surface area contributed by atoms with Crippen molar-refractivity contribution in [2.75, 3.05) is 45.8 Å². The minimum Gasteiger partial charge on any atom is -0.444 e. The van der Waals surface area contributed by atoms with Gasteiger partial charge in [0.25, 0.3) is 0 Å². The zero-order valence-electron chi connectivity index (χ0n) is 16.0. The highest BCUT2D eigenvalue weighted by molar-refractivity contribution is 5.67. The standard InChI is InChI=1S/C17H38N4O2/c1-7-20(8-2)11-10-12-21(9-3)15(13-18)14-19-16(22)23-17(4,5)6/h15H,7-14,18H2,1-6H3,(H,19,22). The normalized spacial score (nSPS) is 13.4. The van der Waals surface area contributed by atoms with Crippen LogP contribution >= 0.6 is 0 Å². The number of nitrogens with one attached hydrogen (secondary N) is 1. The third kappa shape index (κ3) is 10.5. The van der Waals surface area contributed by atoms with Gasteiger partial charge in [0, 0.05) is 19.1 Å². The predicted octanol–water partition coefficient (Wildman–Crippen LogP) is 1.89. The minimum absolute atomic E-state index is 0.143. The molecular weight excluding hydrogens is 292 g/mol. The first-order valence-corrected chi connectivity index (χ1v) is 8.90. The summed E-state index contributed by atoms with van der Waals surface area (Å²) in [6.45, 7) is 18.3. The van der Waals surface area contributed by atoms with Crippen LogP contribution in [0.2, 0.25) is 0 Å². The molecule has 0 rings (SSSR count). The Balaban J connectivity index is 4.29. The SMILES string of the molecule is CCN(CC)CCCN(CC)C(CN)CNC(=O)OC(C)(C)C. The molecule has 0 aliphatic heterocycles. The van der Waals surface area contributed by atoms with E-state index >= 15 is 0 Å². The van der Waals surface area contributed by atoms with Crippen LogP contribution in [0.25, 0.3) is 0 Å². The highest BCUT2D eigenvalue weighted by atomic mass is 16.6. The number of carbonyl (C=O) groups is 1. The van der Waals surface area contributed by atoms with E-state index in [1.54, 1.807) is 0 Å². The Morgan fingerprint density at radius 3 is 2.17 bits per heavy atom. The number of amides is 1. The van der Waals surface area contributed by atoms with Crippen LogP contribution < -0.4 is 11.1 Å². The number of likely N-dealkylation sites (N-methyl/N-ethyl adjacent to an activating group) is 1. The fraction of sp³-hybridized carbons (Fsp3) is 0.941. The van der Waals surface area contributed by atoms with Gasteiger partial charge in [-0.2, -0.15) is 0 Å². The molecule has 6 nitrogen and oxygen atoms in total. The summed E-state index contributed by atoms with van der Waals surface area (Å²) in [5, 5.41) is 2.83. The van der Waals surface area contributed by atoms with Gasteiger partial charge < -0.3 is 20.7 Å². The molecule has 0 aliphatic rings. The molecule has 3 N–H and O–H groups in total. The summed E-state index contributed by atoms with van der Waals surface area (Å²) in [7, 11) is 0. The van der Waals surface area contributed by atoms with Gasteiger partial charge >= 0.3 is 6.09 Å². The van der Waals surface area contributed by atoms with Gasteiger partial charge in [-0.1, -0.05) is 20.8 Å². The monoisotopic (exact) mass is 330 g/mol. The first-order valence-electron chi connectivity index (χ1n) is 8.90. The molecule has 138 valence electrons. The van der Waals surface area contributed by atoms with E-state index in [9.17, 15) is 4.79 Å². The number of hydrogen-bond acceptors (Lipinski definition) is 5. The summed E-state index contributed by atoms with van der Waals surface area (Å²) >= 11 is 0. The summed E-state index contributed by atoms with van der Waals surface area (Å²) in [5.74, 6) is 0. The molecular formula is C17H38N4O2. The third-order valence-electron chi connectivity index (χ3n) is 3.89. The molecule has 0 fully saturated rings. The average molecular weight is 331 g/mol. The molecule has 0 saturated carbocycles. The number of rotatable bonds is 11. The van der Waals surface area contributed by atoms with Crippen LogP contribution in [0.1, 0.15) is 48.0 Å². The van der Waals surface area contributed by atoms with Crippen molar-refractivity contribution in [1.29, 1.82) is 0 Å². The van der Waals surface area contributed by atoms with Gasteiger partial charge in [0.2, 0.25) is 0 Å². The molecule has 6 heteroatoms. The van der Waals surface area contributed by atoms with Crippen molar-refractivity contribution in [3.05, 3.63) is 0 Å². The second kappa shape index (κ2) is 11.6. The maximum absolute atomic E-state index is 11.8. The number of ether oxygens (including phenoxy) is 1. The quantitative estimate of drug-likeness (QED) is 0.605. The van der Waals surface area contributed by atoms with Crippen molar-refractivity contribution in [3.63, 3.8) is 0 Å². The Kier molecular flexibility index (Phi) is 11.2. The Labute approximate surface area is 142 Å². The second-order valence-corrected chi connectivity index (χ2v) is 6.78. The van der Waals surface area contributed by atoms with Crippen molar-refractivity contribution in [2.24, 2.45) is 5.73 Å². The summed E-state index contributed by atoms with van der Waals surface area (Å²) in [5.41, 5.74) is 5.43. The molecule has 0 bridgehead atoms. The summed E-state index contributed by atoms with van der Waals surface area (Å²) < 4.78 is 5.27. The molecule has 0 heterocycles. The molecule has 0 aromatic heterocycles. The molecule has 0 aromatic rings. The lowest BCUT2D eigenvalue weighted by molar-refractivity contribution is 0.0508. The number of carbonyl (C=O) groups excluding carboxylic acids is 1. The van der Waals surface area contributed by atoms with E-state index in [4.69, 9.17) is 10.5 Å². The maximum Gasteiger partial charge on any atom is 0.407 e. The first kappa shape index (κ1) is 22.1. The van der Waals surface area contributed by atoms with E-state index < -0.39 is 5.60 Å². The van der Waals surface area contributed by atoms with Crippen molar-refractivity contribution >= 4 is 6.09 Å². The van der Waals surface area contributed by atoms with Crippen LogP contribution in [-0.2, 0) is 4.74 Å². The molecule has 0 aliphatic carbocycles. The number of hydrogen-bond donors (Lipinski definition) is 2. The molecule has 1 unspecified atom stereocenters. The zero-order valence-corrected chi connectivity index (χ0v) is 16.0. The predicted molar refractivity (Wildman–Crippen MR) is 96.7 cm³/mol. The fourth-order valence-electron chi connectivity index (χ4n) is 2.51. The van der Waals surface area contributed by atoms with Crippen LogP contribution in [0.4, 0.5) is 4.79 Å². The Morgan fingerprint density at radius 1 is 1.13 bits per heavy atom. The van der Waals surface area contributed by atoms with E-state index in [0.717, 1.165) is 39.1 Å². The van der Waals surface area contributed by atoms with Gasteiger partial charge in [0.05, 0.1) is 0 Å². The van der Waals surface area contributed by atoms with Crippen LogP contribution in [0.3, 0.4) is 0 Å². The molecule has 0 saturated heterocycles. The van der Waals surface area contributed by atoms with Crippen LogP contribution in [0, 0.1) is 0 Å². The Bertz CT molecular complexity index is 314. The highest BCUT2D eigenvalue weighted by Crippen LogP contribution is 2.07. The number of alkyl carbamates (subject to hydrolysis) is 1. The largest absolute Gasteiger partial charge is 0.444 e. The van der Waals surface area contributed by atoms with Gasteiger partial charge in [-0.3, -0.25) is 4.90 Å². The first-order chi connectivity index (χ1) is 10.8. The lowest BCUT2D eigenvalue weighted by atomic mass is 10.2. The molecule has 0 spiro atoms. The van der Waals surface area contributed by atoms with Gasteiger partial charge in [-0.25, -0.2) is 4.79 Å². The number of nitrogens with zero attached hydrogens (tertiary/aromatic N) is 2. The highest BCUT2D eigenvalue weighted by Gasteiger charge is 2.19. The van der Waals surface area contributed by atoms with Gasteiger partial charge in [-0.15, -0.1) is 0 Å². The fourth-order valence-corrected chi connectivity index (χ4v) is 2.51. The molecule has 23 heavy (non-hydrogen) atoms. The van der Waals surface area contributed by atoms with Crippen LogP contribution in [0.15, 0.2) is 0 Å². The van der Waals surface area contributed by atoms with E-state index in [1.807, 2.05) is 20.8 Å². The van der Waals surface area contributed by atoms with Crippen molar-refractivity contribution in [3.8, 4) is 0 Å². The average Bonchev–Trinajstić information content (AvgIpc) is 2.48. The van der Waals surface area contributed by atoms with Crippen LogP contribution in [-0.4, -0.2) is 73.3 Å². The lowest BCUT2D eigenvalue weighted by Gasteiger charge is -2.31. The summed E-state index contributed by atoms with van der Waals surface area (Å²) in [4.78, 5) is 16.5. The lowest BCUT2D eigenvalue weighted by Crippen LogP contribution is -2.49. The zero-order chi connectivity index (χ0) is 17.9. The number of nitrogens with two attached hydrogens (primary N) is 1. The second-order valence-electron chi connectivity index (χ2n) is 6.78. The summed E-state index contributed by atoms with van der Waals surface area (Å²) in [6, 6.07) is 0.143. The van der Waals surface area contributed by atoms with Gasteiger partial charge in [0.15, 0.2) is 0 Å². The summed E-state index contributed by atoms with van der Waals surface area (Å²) in [6.07, 6.45) is 0.730. The Hall–Kier alpha value is -0.850. The van der Waals surface area contributed by atoms with Crippen molar-refractivity contribution in [1.82, 2.24) is 15.1 Å². The third-order valence-corrected chi connectivity index (χ3v) is 3.89. The topological polar surface area (TPSA) is 70.8 Å². The minimum atomic E-state index is -0.476. The Morgan fingerprint density at radius 2 is 1.74 bits per heavy atom.